The van der Waals surface area contributed by atoms with Crippen molar-refractivity contribution in [2.24, 2.45) is 5.41 Å². The molecule has 0 aliphatic carbocycles. The highest BCUT2D eigenvalue weighted by atomic mass is 16.1. The molecule has 0 saturated heterocycles. The molecule has 0 aliphatic rings. The molecule has 1 atom stereocenters. The van der Waals surface area contributed by atoms with Crippen LogP contribution in [0.4, 0.5) is 0 Å². The van der Waals surface area contributed by atoms with Gasteiger partial charge in [0.15, 0.2) is 5.78 Å². The number of Topliss-reactive ketones (excluding diaryl/α,β-unsaturated/α-hetero) is 2. The smallest absolute Gasteiger partial charge is 0.155 e. The first-order valence-electron chi connectivity index (χ1n) is 7.40. The molecule has 0 aliphatic heterocycles. The number of aromatic nitrogens is 2. The largest absolute Gasteiger partial charge is 0.348 e. The number of nitrogens with one attached hydrogen (secondary N) is 2. The number of imidazole rings is 1. The van der Waals surface area contributed by atoms with Crippen molar-refractivity contribution in [3.63, 3.8) is 0 Å². The molecule has 21 heavy (non-hydrogen) atoms. The van der Waals surface area contributed by atoms with Gasteiger partial charge in [-0.05, 0) is 27.2 Å². The number of hydrogen-bond donors (Lipinski definition) is 2. The molecule has 2 N–H and O–H groups in total. The van der Waals surface area contributed by atoms with E-state index in [1.165, 1.54) is 6.92 Å². The predicted octanol–water partition coefficient (Wildman–Crippen LogP) is 2.28. The number of carbonyl (C=O) groups excluding carboxylic acids is 2. The Balaban J connectivity index is 3.00. The number of H-pyrrole nitrogens is 1. The van der Waals surface area contributed by atoms with Crippen LogP contribution in [0.25, 0.3) is 0 Å². The first-order chi connectivity index (χ1) is 9.60. The standard InChI is InChI=1S/C16H27N3O2/c1-7-15(3,4)14(21)13(8-12-9-17-10-18-12)19-16(5,6)11(2)20/h9-10,13,19H,7-8H2,1-6H3,(H,17,18)/t13-/m0/s1. The van der Waals surface area contributed by atoms with Crippen LogP contribution < -0.4 is 5.32 Å². The van der Waals surface area contributed by atoms with Gasteiger partial charge < -0.3 is 4.98 Å². The third kappa shape index (κ3) is 4.49. The van der Waals surface area contributed by atoms with Crippen molar-refractivity contribution >= 4 is 11.6 Å². The predicted molar refractivity (Wildman–Crippen MR) is 83.1 cm³/mol. The number of nitrogens with zero attached hydrogens (tertiary/aromatic N) is 1. The normalized spacial score (nSPS) is 14.0. The van der Waals surface area contributed by atoms with E-state index < -0.39 is 17.0 Å². The van der Waals surface area contributed by atoms with Crippen LogP contribution in [0.5, 0.6) is 0 Å². The number of rotatable bonds is 8. The van der Waals surface area contributed by atoms with Gasteiger partial charge in [0.1, 0.15) is 5.78 Å². The second-order valence-corrected chi connectivity index (χ2v) is 6.76. The Morgan fingerprint density at radius 1 is 1.33 bits per heavy atom. The van der Waals surface area contributed by atoms with E-state index in [9.17, 15) is 9.59 Å². The van der Waals surface area contributed by atoms with Crippen LogP contribution in [0.1, 0.15) is 53.7 Å². The van der Waals surface area contributed by atoms with Gasteiger partial charge in [-0.25, -0.2) is 4.98 Å². The molecule has 0 aromatic carbocycles. The molecule has 0 bridgehead atoms. The van der Waals surface area contributed by atoms with Crippen LogP contribution in [0.3, 0.4) is 0 Å². The first kappa shape index (κ1) is 17.6. The Bertz CT molecular complexity index is 490. The number of hydrogen-bond acceptors (Lipinski definition) is 4. The van der Waals surface area contributed by atoms with Gasteiger partial charge >= 0.3 is 0 Å². The minimum absolute atomic E-state index is 0.0132. The molecule has 0 amide bonds. The lowest BCUT2D eigenvalue weighted by Crippen LogP contribution is -2.56. The number of aromatic amines is 1. The van der Waals surface area contributed by atoms with Crippen LogP contribution in [0.2, 0.25) is 0 Å². The van der Waals surface area contributed by atoms with Crippen LogP contribution in [-0.4, -0.2) is 33.1 Å². The van der Waals surface area contributed by atoms with E-state index in [4.69, 9.17) is 0 Å². The molecule has 0 spiro atoms. The fourth-order valence-electron chi connectivity index (χ4n) is 2.01. The highest BCUT2D eigenvalue weighted by Gasteiger charge is 2.36. The molecule has 0 fully saturated rings. The average molecular weight is 293 g/mol. The molecule has 1 aromatic heterocycles. The highest BCUT2D eigenvalue weighted by Crippen LogP contribution is 2.25. The highest BCUT2D eigenvalue weighted by molar-refractivity contribution is 5.91. The van der Waals surface area contributed by atoms with Gasteiger partial charge in [-0.15, -0.1) is 0 Å². The van der Waals surface area contributed by atoms with E-state index in [-0.39, 0.29) is 11.6 Å². The average Bonchev–Trinajstić information content (AvgIpc) is 2.89. The Morgan fingerprint density at radius 3 is 2.38 bits per heavy atom. The fraction of sp³-hybridized carbons (Fsp3) is 0.688. The van der Waals surface area contributed by atoms with Crippen molar-refractivity contribution < 1.29 is 9.59 Å². The van der Waals surface area contributed by atoms with Crippen molar-refractivity contribution in [3.05, 3.63) is 18.2 Å². The van der Waals surface area contributed by atoms with Crippen molar-refractivity contribution in [3.8, 4) is 0 Å². The fourth-order valence-corrected chi connectivity index (χ4v) is 2.01. The Morgan fingerprint density at radius 2 is 1.95 bits per heavy atom. The molecular weight excluding hydrogens is 266 g/mol. The van der Waals surface area contributed by atoms with Crippen LogP contribution >= 0.6 is 0 Å². The van der Waals surface area contributed by atoms with Crippen molar-refractivity contribution in [1.29, 1.82) is 0 Å². The quantitative estimate of drug-likeness (QED) is 0.771. The number of carbonyl (C=O) groups is 2. The van der Waals surface area contributed by atoms with E-state index in [0.717, 1.165) is 12.1 Å². The molecule has 5 heteroatoms. The molecule has 0 radical (unpaired) electrons. The topological polar surface area (TPSA) is 74.8 Å². The third-order valence-electron chi connectivity index (χ3n) is 4.26. The van der Waals surface area contributed by atoms with Gasteiger partial charge in [0.05, 0.1) is 17.9 Å². The maximum Gasteiger partial charge on any atom is 0.155 e. The molecule has 1 aromatic rings. The van der Waals surface area contributed by atoms with E-state index in [0.29, 0.717) is 6.42 Å². The molecule has 1 rings (SSSR count). The van der Waals surface area contributed by atoms with Crippen LogP contribution in [-0.2, 0) is 16.0 Å². The van der Waals surface area contributed by atoms with Gasteiger partial charge in [-0.1, -0.05) is 20.8 Å². The summed E-state index contributed by atoms with van der Waals surface area (Å²) in [6.07, 6.45) is 4.56. The number of ketones is 2. The Hall–Kier alpha value is -1.49. The minimum Gasteiger partial charge on any atom is -0.348 e. The van der Waals surface area contributed by atoms with Gasteiger partial charge in [0.25, 0.3) is 0 Å². The molecule has 118 valence electrons. The summed E-state index contributed by atoms with van der Waals surface area (Å²) >= 11 is 0. The summed E-state index contributed by atoms with van der Waals surface area (Å²) in [5.41, 5.74) is -0.276. The SMILES string of the molecule is CCC(C)(C)C(=O)[C@H](Cc1cnc[nH]1)NC(C)(C)C(C)=O. The van der Waals surface area contributed by atoms with E-state index in [1.54, 1.807) is 12.5 Å². The van der Waals surface area contributed by atoms with Crippen molar-refractivity contribution in [2.75, 3.05) is 0 Å². The summed E-state index contributed by atoms with van der Waals surface area (Å²) < 4.78 is 0. The zero-order chi connectivity index (χ0) is 16.3. The first-order valence-corrected chi connectivity index (χ1v) is 7.40. The molecular formula is C16H27N3O2. The van der Waals surface area contributed by atoms with Gasteiger partial charge in [-0.2, -0.15) is 0 Å². The van der Waals surface area contributed by atoms with E-state index in [2.05, 4.69) is 15.3 Å². The monoisotopic (exact) mass is 293 g/mol. The summed E-state index contributed by atoms with van der Waals surface area (Å²) in [6, 6.07) is -0.417. The van der Waals surface area contributed by atoms with Crippen molar-refractivity contribution in [1.82, 2.24) is 15.3 Å². The summed E-state index contributed by atoms with van der Waals surface area (Å²) in [5.74, 6) is 0.133. The lowest BCUT2D eigenvalue weighted by molar-refractivity contribution is -0.131. The second-order valence-electron chi connectivity index (χ2n) is 6.76. The Kier molecular flexibility index (Phi) is 5.45. The molecule has 0 unspecified atom stereocenters. The van der Waals surface area contributed by atoms with E-state index >= 15 is 0 Å². The maximum absolute atomic E-state index is 12.8. The summed E-state index contributed by atoms with van der Waals surface area (Å²) in [4.78, 5) is 31.6. The summed E-state index contributed by atoms with van der Waals surface area (Å²) in [6.45, 7) is 11.0. The lowest BCUT2D eigenvalue weighted by atomic mass is 9.80. The molecule has 1 heterocycles. The Labute approximate surface area is 126 Å². The minimum atomic E-state index is -0.732. The summed E-state index contributed by atoms with van der Waals surface area (Å²) in [5, 5.41) is 3.22. The lowest BCUT2D eigenvalue weighted by Gasteiger charge is -2.33. The van der Waals surface area contributed by atoms with Crippen LogP contribution in [0, 0.1) is 5.41 Å². The molecule has 5 nitrogen and oxygen atoms in total. The second kappa shape index (κ2) is 6.52. The molecule has 0 saturated carbocycles. The maximum atomic E-state index is 12.8. The zero-order valence-electron chi connectivity index (χ0n) is 13.9. The van der Waals surface area contributed by atoms with Gasteiger partial charge in [-0.3, -0.25) is 14.9 Å². The van der Waals surface area contributed by atoms with Crippen LogP contribution in [0.15, 0.2) is 12.5 Å². The summed E-state index contributed by atoms with van der Waals surface area (Å²) in [7, 11) is 0. The third-order valence-corrected chi connectivity index (χ3v) is 4.26. The zero-order valence-corrected chi connectivity index (χ0v) is 13.9. The van der Waals surface area contributed by atoms with Gasteiger partial charge in [0, 0.05) is 23.7 Å². The van der Waals surface area contributed by atoms with Crippen molar-refractivity contribution in [2.45, 2.75) is 66.0 Å². The van der Waals surface area contributed by atoms with Gasteiger partial charge in [0.2, 0.25) is 0 Å². The van der Waals surface area contributed by atoms with E-state index in [1.807, 2.05) is 34.6 Å².